The smallest absolute Gasteiger partial charge is 0.503 e. The summed E-state index contributed by atoms with van der Waals surface area (Å²) in [7, 11) is 1.14. The summed E-state index contributed by atoms with van der Waals surface area (Å²) in [5.41, 5.74) is -0.0384. The predicted octanol–water partition coefficient (Wildman–Crippen LogP) is 2.30. The quantitative estimate of drug-likeness (QED) is 0.671. The molecule has 1 rings (SSSR count). The Hall–Kier alpha value is -1.51. The van der Waals surface area contributed by atoms with E-state index < -0.39 is 23.8 Å². The van der Waals surface area contributed by atoms with Crippen LogP contribution < -0.4 is 4.74 Å². The molecule has 0 fully saturated rings. The number of nitrogens with zero attached hydrogens (tertiary/aromatic N) is 1. The zero-order valence-corrected chi connectivity index (χ0v) is 11.2. The summed E-state index contributed by atoms with van der Waals surface area (Å²) in [6, 6.07) is 0. The predicted molar refractivity (Wildman–Crippen MR) is 60.9 cm³/mol. The SMILES string of the molecule is COC(=O)Cc1ncc(O)c(OC(F)(F)F)c1CBr. The third-order valence-electron chi connectivity index (χ3n) is 2.09. The van der Waals surface area contributed by atoms with Crippen molar-refractivity contribution >= 4 is 21.9 Å². The van der Waals surface area contributed by atoms with Crippen LogP contribution in [0, 0.1) is 0 Å². The Labute approximate surface area is 114 Å². The second kappa shape index (κ2) is 6.09. The van der Waals surface area contributed by atoms with Crippen LogP contribution in [0.3, 0.4) is 0 Å². The first-order chi connectivity index (χ1) is 8.78. The molecule has 0 bridgehead atoms. The van der Waals surface area contributed by atoms with Crippen LogP contribution in [0.5, 0.6) is 11.5 Å². The van der Waals surface area contributed by atoms with E-state index in [0.29, 0.717) is 0 Å². The number of carbonyl (C=O) groups excluding carboxylic acids is 1. The van der Waals surface area contributed by atoms with Gasteiger partial charge >= 0.3 is 12.3 Å². The van der Waals surface area contributed by atoms with Crippen LogP contribution in [0.1, 0.15) is 11.3 Å². The molecule has 1 N–H and O–H groups in total. The van der Waals surface area contributed by atoms with E-state index >= 15 is 0 Å². The topological polar surface area (TPSA) is 68.7 Å². The molecule has 1 aromatic heterocycles. The van der Waals surface area contributed by atoms with Gasteiger partial charge in [0.25, 0.3) is 0 Å². The van der Waals surface area contributed by atoms with Crippen molar-refractivity contribution in [3.63, 3.8) is 0 Å². The van der Waals surface area contributed by atoms with Crippen LogP contribution in [0.25, 0.3) is 0 Å². The molecule has 0 radical (unpaired) electrons. The molecule has 0 aliphatic carbocycles. The fraction of sp³-hybridized carbons (Fsp3) is 0.400. The number of carbonyl (C=O) groups is 1. The van der Waals surface area contributed by atoms with E-state index in [4.69, 9.17) is 0 Å². The highest BCUT2D eigenvalue weighted by atomic mass is 79.9. The molecule has 0 aliphatic heterocycles. The molecule has 1 aromatic rings. The summed E-state index contributed by atoms with van der Waals surface area (Å²) in [4.78, 5) is 14.8. The number of pyridine rings is 1. The van der Waals surface area contributed by atoms with Crippen molar-refractivity contribution in [2.24, 2.45) is 0 Å². The summed E-state index contributed by atoms with van der Waals surface area (Å²) >= 11 is 2.96. The van der Waals surface area contributed by atoms with Gasteiger partial charge in [-0.05, 0) is 0 Å². The Morgan fingerprint density at radius 3 is 2.63 bits per heavy atom. The van der Waals surface area contributed by atoms with Gasteiger partial charge in [0.05, 0.1) is 25.4 Å². The fourth-order valence-corrected chi connectivity index (χ4v) is 1.87. The van der Waals surface area contributed by atoms with E-state index in [1.165, 1.54) is 0 Å². The molecule has 9 heteroatoms. The largest absolute Gasteiger partial charge is 0.573 e. The van der Waals surface area contributed by atoms with Gasteiger partial charge in [-0.2, -0.15) is 0 Å². The molecular formula is C10H9BrF3NO4. The molecule has 0 saturated heterocycles. The standard InChI is InChI=1S/C10H9BrF3NO4/c1-18-8(17)2-6-5(3-11)9(7(16)4-15-6)19-10(12,13)14/h4,16H,2-3H2,1H3. The number of ether oxygens (including phenoxy) is 2. The Bertz CT molecular complexity index is 479. The lowest BCUT2D eigenvalue weighted by molar-refractivity contribution is -0.275. The number of halogens is 4. The minimum atomic E-state index is -4.96. The van der Waals surface area contributed by atoms with Crippen LogP contribution in [0.15, 0.2) is 6.20 Å². The van der Waals surface area contributed by atoms with Crippen molar-refractivity contribution in [1.29, 1.82) is 0 Å². The molecule has 0 aromatic carbocycles. The first-order valence-corrected chi connectivity index (χ1v) is 5.99. The van der Waals surface area contributed by atoms with Gasteiger partial charge in [-0.15, -0.1) is 13.2 Å². The van der Waals surface area contributed by atoms with Crippen molar-refractivity contribution in [2.45, 2.75) is 18.1 Å². The number of hydrogen-bond acceptors (Lipinski definition) is 5. The average Bonchev–Trinajstić information content (AvgIpc) is 2.31. The monoisotopic (exact) mass is 343 g/mol. The number of aromatic hydroxyl groups is 1. The molecule has 0 spiro atoms. The van der Waals surface area contributed by atoms with E-state index in [9.17, 15) is 23.1 Å². The summed E-state index contributed by atoms with van der Waals surface area (Å²) in [5.74, 6) is -2.21. The molecule has 19 heavy (non-hydrogen) atoms. The summed E-state index contributed by atoms with van der Waals surface area (Å²) in [6.07, 6.45) is -4.50. The van der Waals surface area contributed by atoms with E-state index in [1.54, 1.807) is 0 Å². The maximum Gasteiger partial charge on any atom is 0.573 e. The molecule has 5 nitrogen and oxygen atoms in total. The van der Waals surface area contributed by atoms with Crippen molar-refractivity contribution in [1.82, 2.24) is 4.98 Å². The zero-order valence-electron chi connectivity index (χ0n) is 9.62. The second-order valence-corrected chi connectivity index (χ2v) is 3.89. The second-order valence-electron chi connectivity index (χ2n) is 3.33. The Morgan fingerprint density at radius 1 is 1.53 bits per heavy atom. The van der Waals surface area contributed by atoms with Gasteiger partial charge in [-0.3, -0.25) is 9.78 Å². The average molecular weight is 344 g/mol. The lowest BCUT2D eigenvalue weighted by Crippen LogP contribution is -2.19. The van der Waals surface area contributed by atoms with Crippen molar-refractivity contribution in [2.75, 3.05) is 7.11 Å². The minimum absolute atomic E-state index is 0.0285. The van der Waals surface area contributed by atoms with Gasteiger partial charge < -0.3 is 14.6 Å². The Morgan fingerprint density at radius 2 is 2.16 bits per heavy atom. The molecule has 0 saturated carbocycles. The zero-order chi connectivity index (χ0) is 14.6. The van der Waals surface area contributed by atoms with Gasteiger partial charge in [0, 0.05) is 10.9 Å². The van der Waals surface area contributed by atoms with Crippen molar-refractivity contribution in [3.8, 4) is 11.5 Å². The molecule has 0 atom stereocenters. The maximum absolute atomic E-state index is 12.2. The van der Waals surface area contributed by atoms with Gasteiger partial charge in [-0.1, -0.05) is 15.9 Å². The highest BCUT2D eigenvalue weighted by molar-refractivity contribution is 9.08. The summed E-state index contributed by atoms with van der Waals surface area (Å²) in [6.45, 7) is 0. The minimum Gasteiger partial charge on any atom is -0.503 e. The van der Waals surface area contributed by atoms with Crippen LogP contribution in [-0.2, 0) is 21.3 Å². The fourth-order valence-electron chi connectivity index (χ4n) is 1.29. The van der Waals surface area contributed by atoms with Crippen LogP contribution in [-0.4, -0.2) is 29.5 Å². The molecular weight excluding hydrogens is 335 g/mol. The molecule has 106 valence electrons. The first-order valence-electron chi connectivity index (χ1n) is 4.86. The summed E-state index contributed by atoms with van der Waals surface area (Å²) < 4.78 is 44.9. The maximum atomic E-state index is 12.2. The van der Waals surface area contributed by atoms with E-state index in [0.717, 1.165) is 13.3 Å². The highest BCUT2D eigenvalue weighted by Crippen LogP contribution is 2.36. The van der Waals surface area contributed by atoms with E-state index in [-0.39, 0.29) is 23.0 Å². The number of methoxy groups -OCH3 is 1. The molecule has 0 aliphatic rings. The van der Waals surface area contributed by atoms with E-state index in [1.807, 2.05) is 0 Å². The van der Waals surface area contributed by atoms with Crippen LogP contribution in [0.2, 0.25) is 0 Å². The Balaban J connectivity index is 3.21. The highest BCUT2D eigenvalue weighted by Gasteiger charge is 2.34. The number of esters is 1. The van der Waals surface area contributed by atoms with Crippen molar-refractivity contribution in [3.05, 3.63) is 17.5 Å². The molecule has 0 amide bonds. The lowest BCUT2D eigenvalue weighted by Gasteiger charge is -2.15. The number of hydrogen-bond donors (Lipinski definition) is 1. The van der Waals surface area contributed by atoms with Gasteiger partial charge in [-0.25, -0.2) is 0 Å². The van der Waals surface area contributed by atoms with Gasteiger partial charge in [0.15, 0.2) is 11.5 Å². The van der Waals surface area contributed by atoms with Gasteiger partial charge in [0.1, 0.15) is 0 Å². The third kappa shape index (κ3) is 4.27. The number of aromatic nitrogens is 1. The van der Waals surface area contributed by atoms with Crippen molar-refractivity contribution < 1.29 is 32.5 Å². The van der Waals surface area contributed by atoms with Gasteiger partial charge in [0.2, 0.25) is 0 Å². The van der Waals surface area contributed by atoms with E-state index in [2.05, 4.69) is 30.4 Å². The lowest BCUT2D eigenvalue weighted by atomic mass is 10.1. The van der Waals surface area contributed by atoms with Crippen LogP contribution in [0.4, 0.5) is 13.2 Å². The molecule has 0 unspecified atom stereocenters. The Kier molecular flexibility index (Phi) is 4.98. The number of alkyl halides is 4. The first kappa shape index (κ1) is 15.5. The normalized spacial score (nSPS) is 11.2. The molecule has 1 heterocycles. The summed E-state index contributed by atoms with van der Waals surface area (Å²) in [5, 5.41) is 9.30. The third-order valence-corrected chi connectivity index (χ3v) is 2.65. The van der Waals surface area contributed by atoms with Crippen LogP contribution >= 0.6 is 15.9 Å². The number of rotatable bonds is 4.